The predicted molar refractivity (Wildman–Crippen MR) is 52.4 cm³/mol. The lowest BCUT2D eigenvalue weighted by molar-refractivity contribution is -0.164. The van der Waals surface area contributed by atoms with Crippen molar-refractivity contribution < 1.29 is 5.11 Å². The molecule has 4 bridgehead atoms. The Labute approximate surface area is 80.5 Å². The van der Waals surface area contributed by atoms with Crippen LogP contribution in [0.1, 0.15) is 51.9 Å². The second-order valence-electron chi connectivity index (χ2n) is 6.04. The molecular formula is C12H20O. The molecule has 4 rings (SSSR count). The summed E-state index contributed by atoms with van der Waals surface area (Å²) in [6, 6.07) is 0. The van der Waals surface area contributed by atoms with E-state index in [2.05, 4.69) is 6.92 Å². The Hall–Kier alpha value is -0.0400. The van der Waals surface area contributed by atoms with E-state index in [1.165, 1.54) is 25.7 Å². The maximum atomic E-state index is 10.4. The average molecular weight is 180 g/mol. The van der Waals surface area contributed by atoms with Crippen LogP contribution in [0.3, 0.4) is 0 Å². The lowest BCUT2D eigenvalue weighted by atomic mass is 9.47. The van der Waals surface area contributed by atoms with Gasteiger partial charge in [0.25, 0.3) is 0 Å². The van der Waals surface area contributed by atoms with Gasteiger partial charge in [-0.2, -0.15) is 0 Å². The van der Waals surface area contributed by atoms with Crippen LogP contribution in [-0.2, 0) is 0 Å². The Bertz CT molecular complexity index is 219. The average Bonchev–Trinajstić information content (AvgIpc) is 1.99. The topological polar surface area (TPSA) is 20.2 Å². The third-order valence-corrected chi connectivity index (χ3v) is 4.90. The molecule has 2 atom stereocenters. The fourth-order valence-electron chi connectivity index (χ4n) is 4.82. The molecule has 0 amide bonds. The minimum Gasteiger partial charge on any atom is -0.390 e. The van der Waals surface area contributed by atoms with Gasteiger partial charge in [0, 0.05) is 0 Å². The molecule has 1 N–H and O–H groups in total. The van der Waals surface area contributed by atoms with Crippen molar-refractivity contribution in [1.82, 2.24) is 0 Å². The molecule has 0 heterocycles. The Morgan fingerprint density at radius 3 is 2.23 bits per heavy atom. The number of rotatable bonds is 1. The Kier molecular flexibility index (Phi) is 1.47. The minimum absolute atomic E-state index is 0.236. The molecule has 74 valence electrons. The van der Waals surface area contributed by atoms with Crippen LogP contribution >= 0.6 is 0 Å². The van der Waals surface area contributed by atoms with Crippen LogP contribution in [0.25, 0.3) is 0 Å². The summed E-state index contributed by atoms with van der Waals surface area (Å²) in [7, 11) is 0. The van der Waals surface area contributed by atoms with Gasteiger partial charge in [-0.15, -0.1) is 0 Å². The zero-order valence-corrected chi connectivity index (χ0v) is 8.55. The molecule has 4 fully saturated rings. The van der Waals surface area contributed by atoms with Crippen LogP contribution in [0.15, 0.2) is 0 Å². The van der Waals surface area contributed by atoms with Gasteiger partial charge in [-0.25, -0.2) is 0 Å². The van der Waals surface area contributed by atoms with E-state index in [9.17, 15) is 5.11 Å². The first kappa shape index (κ1) is 8.28. The van der Waals surface area contributed by atoms with Crippen LogP contribution in [0.5, 0.6) is 0 Å². The summed E-state index contributed by atoms with van der Waals surface area (Å²) in [5.74, 6) is 1.73. The lowest BCUT2D eigenvalue weighted by Gasteiger charge is -2.60. The molecule has 4 saturated carbocycles. The second-order valence-corrected chi connectivity index (χ2v) is 6.04. The van der Waals surface area contributed by atoms with Crippen LogP contribution in [0, 0.1) is 17.3 Å². The number of hydrogen-bond acceptors (Lipinski definition) is 1. The van der Waals surface area contributed by atoms with Crippen LogP contribution in [0.4, 0.5) is 0 Å². The first-order valence-electron chi connectivity index (χ1n) is 5.86. The van der Waals surface area contributed by atoms with Gasteiger partial charge in [-0.1, -0.05) is 13.3 Å². The molecule has 4 aliphatic carbocycles. The Balaban J connectivity index is 1.95. The summed E-state index contributed by atoms with van der Waals surface area (Å²) < 4.78 is 0. The molecule has 0 spiro atoms. The summed E-state index contributed by atoms with van der Waals surface area (Å²) in [5, 5.41) is 10.4. The molecule has 0 aromatic heterocycles. The van der Waals surface area contributed by atoms with Gasteiger partial charge in [0.1, 0.15) is 0 Å². The summed E-state index contributed by atoms with van der Waals surface area (Å²) in [5.41, 5.74) is 0.318. The van der Waals surface area contributed by atoms with Crippen LogP contribution < -0.4 is 0 Å². The van der Waals surface area contributed by atoms with Crippen LogP contribution in [-0.4, -0.2) is 10.7 Å². The predicted octanol–water partition coefficient (Wildman–Crippen LogP) is 2.73. The number of hydrogen-bond donors (Lipinski definition) is 1. The highest BCUT2D eigenvalue weighted by Crippen LogP contribution is 2.62. The SMILES string of the molecule is CCC12CC3CC(CC(O)(C3)C1)C2. The summed E-state index contributed by atoms with van der Waals surface area (Å²) in [6.45, 7) is 2.32. The molecule has 0 aromatic carbocycles. The van der Waals surface area contributed by atoms with Crippen molar-refractivity contribution in [1.29, 1.82) is 0 Å². The monoisotopic (exact) mass is 180 g/mol. The first-order valence-corrected chi connectivity index (χ1v) is 5.86. The highest BCUT2D eigenvalue weighted by molar-refractivity contribution is 5.07. The van der Waals surface area contributed by atoms with Crippen molar-refractivity contribution in [2.24, 2.45) is 17.3 Å². The molecule has 0 saturated heterocycles. The second kappa shape index (κ2) is 2.31. The highest BCUT2D eigenvalue weighted by Gasteiger charge is 2.56. The molecule has 0 radical (unpaired) electrons. The van der Waals surface area contributed by atoms with Gasteiger partial charge in [-0.05, 0) is 55.8 Å². The molecule has 0 aromatic rings. The van der Waals surface area contributed by atoms with E-state index in [1.54, 1.807) is 0 Å². The van der Waals surface area contributed by atoms with Gasteiger partial charge in [0.05, 0.1) is 5.60 Å². The number of aliphatic hydroxyl groups is 1. The molecule has 2 unspecified atom stereocenters. The highest BCUT2D eigenvalue weighted by atomic mass is 16.3. The maximum Gasteiger partial charge on any atom is 0.0658 e. The van der Waals surface area contributed by atoms with E-state index in [1.807, 2.05) is 0 Å². The summed E-state index contributed by atoms with van der Waals surface area (Å²) in [6.07, 6.45) is 8.90. The van der Waals surface area contributed by atoms with E-state index < -0.39 is 0 Å². The van der Waals surface area contributed by atoms with Crippen LogP contribution in [0.2, 0.25) is 0 Å². The van der Waals surface area contributed by atoms with Crippen molar-refractivity contribution in [3.8, 4) is 0 Å². The van der Waals surface area contributed by atoms with Crippen molar-refractivity contribution in [2.75, 3.05) is 0 Å². The summed E-state index contributed by atoms with van der Waals surface area (Å²) >= 11 is 0. The molecule has 13 heavy (non-hydrogen) atoms. The van der Waals surface area contributed by atoms with Crippen molar-refractivity contribution in [3.63, 3.8) is 0 Å². The largest absolute Gasteiger partial charge is 0.390 e. The van der Waals surface area contributed by atoms with E-state index >= 15 is 0 Å². The van der Waals surface area contributed by atoms with E-state index in [-0.39, 0.29) is 5.60 Å². The normalized spacial score (nSPS) is 58.6. The fourth-order valence-corrected chi connectivity index (χ4v) is 4.82. The standard InChI is InChI=1S/C12H20O/c1-2-11-4-9-3-10(5-11)7-12(13,6-9)8-11/h9-10,13H,2-8H2,1H3. The summed E-state index contributed by atoms with van der Waals surface area (Å²) in [4.78, 5) is 0. The van der Waals surface area contributed by atoms with Crippen molar-refractivity contribution >= 4 is 0 Å². The van der Waals surface area contributed by atoms with E-state index in [4.69, 9.17) is 0 Å². The molecular weight excluding hydrogens is 160 g/mol. The maximum absolute atomic E-state index is 10.4. The van der Waals surface area contributed by atoms with Gasteiger partial charge >= 0.3 is 0 Å². The van der Waals surface area contributed by atoms with Gasteiger partial charge in [-0.3, -0.25) is 0 Å². The quantitative estimate of drug-likeness (QED) is 0.658. The molecule has 4 aliphatic rings. The molecule has 0 aliphatic heterocycles. The minimum atomic E-state index is -0.236. The Morgan fingerprint density at radius 1 is 1.15 bits per heavy atom. The van der Waals surface area contributed by atoms with Gasteiger partial charge < -0.3 is 5.11 Å². The van der Waals surface area contributed by atoms with E-state index in [0.29, 0.717) is 5.41 Å². The third kappa shape index (κ3) is 1.09. The molecule has 1 nitrogen and oxygen atoms in total. The third-order valence-electron chi connectivity index (χ3n) is 4.90. The zero-order chi connectivity index (χ0) is 9.10. The fraction of sp³-hybridized carbons (Fsp3) is 1.00. The van der Waals surface area contributed by atoms with Crippen molar-refractivity contribution in [3.05, 3.63) is 0 Å². The van der Waals surface area contributed by atoms with E-state index in [0.717, 1.165) is 31.1 Å². The van der Waals surface area contributed by atoms with Crippen molar-refractivity contribution in [2.45, 2.75) is 57.5 Å². The molecule has 1 heteroatoms. The first-order chi connectivity index (χ1) is 6.13. The Morgan fingerprint density at radius 2 is 1.77 bits per heavy atom. The van der Waals surface area contributed by atoms with Gasteiger partial charge in [0.2, 0.25) is 0 Å². The zero-order valence-electron chi connectivity index (χ0n) is 8.55. The lowest BCUT2D eigenvalue weighted by Crippen LogP contribution is -2.55. The van der Waals surface area contributed by atoms with Gasteiger partial charge in [0.15, 0.2) is 0 Å². The smallest absolute Gasteiger partial charge is 0.0658 e.